The van der Waals surface area contributed by atoms with Crippen LogP contribution in [0, 0.1) is 0 Å². The molecule has 0 fully saturated rings. The van der Waals surface area contributed by atoms with E-state index < -0.39 is 5.91 Å². The van der Waals surface area contributed by atoms with E-state index in [2.05, 4.69) is 26.5 Å². The number of benzene rings is 3. The van der Waals surface area contributed by atoms with Crippen LogP contribution in [0.15, 0.2) is 76.3 Å². The van der Waals surface area contributed by atoms with Crippen molar-refractivity contribution in [2.45, 2.75) is 6.61 Å². The molecule has 0 heterocycles. The van der Waals surface area contributed by atoms with E-state index in [9.17, 15) is 15.0 Å². The minimum absolute atomic E-state index is 0.0915. The maximum absolute atomic E-state index is 12.1. The number of hydrazone groups is 1. The molecule has 0 saturated heterocycles. The lowest BCUT2D eigenvalue weighted by molar-refractivity contribution is 0.0954. The number of carbonyl (C=O) groups excluding carboxylic acids is 1. The molecule has 3 rings (SSSR count). The van der Waals surface area contributed by atoms with Gasteiger partial charge in [-0.1, -0.05) is 40.2 Å². The van der Waals surface area contributed by atoms with Crippen LogP contribution in [0.2, 0.25) is 0 Å². The molecular weight excluding hydrogens is 424 g/mol. The normalized spacial score (nSPS) is 10.8. The van der Waals surface area contributed by atoms with Gasteiger partial charge in [0.2, 0.25) is 0 Å². The maximum Gasteiger partial charge on any atom is 0.271 e. The molecule has 7 heteroatoms. The summed E-state index contributed by atoms with van der Waals surface area (Å²) >= 11 is 3.43. The van der Waals surface area contributed by atoms with Crippen molar-refractivity contribution in [3.63, 3.8) is 0 Å². The van der Waals surface area contributed by atoms with Crippen molar-refractivity contribution in [1.29, 1.82) is 0 Å². The van der Waals surface area contributed by atoms with Crippen LogP contribution in [-0.2, 0) is 6.61 Å². The first kappa shape index (κ1) is 19.4. The van der Waals surface area contributed by atoms with E-state index in [0.29, 0.717) is 17.9 Å². The summed E-state index contributed by atoms with van der Waals surface area (Å²) in [7, 11) is 0. The van der Waals surface area contributed by atoms with Gasteiger partial charge in [-0.25, -0.2) is 5.43 Å². The molecule has 0 saturated carbocycles. The summed E-state index contributed by atoms with van der Waals surface area (Å²) < 4.78 is 6.84. The van der Waals surface area contributed by atoms with Gasteiger partial charge in [-0.2, -0.15) is 5.10 Å². The third-order valence-corrected chi connectivity index (χ3v) is 4.23. The van der Waals surface area contributed by atoms with Gasteiger partial charge in [0.05, 0.1) is 6.21 Å². The SMILES string of the molecule is O=C(N/N=C\c1ccccc1OCc1cccc(Br)c1)c1cc(O)cc(O)c1. The number of phenolic OH excluding ortho intramolecular Hbond substituents is 2. The molecule has 0 aliphatic rings. The number of ether oxygens (including phenoxy) is 1. The van der Waals surface area contributed by atoms with Crippen molar-refractivity contribution in [2.75, 3.05) is 0 Å². The summed E-state index contributed by atoms with van der Waals surface area (Å²) in [5.74, 6) is -0.355. The van der Waals surface area contributed by atoms with Crippen molar-refractivity contribution in [1.82, 2.24) is 5.43 Å². The van der Waals surface area contributed by atoms with Crippen LogP contribution in [0.25, 0.3) is 0 Å². The van der Waals surface area contributed by atoms with Crippen LogP contribution in [0.3, 0.4) is 0 Å². The predicted octanol–water partition coefficient (Wildman–Crippen LogP) is 4.20. The number of aromatic hydroxyl groups is 2. The third kappa shape index (κ3) is 5.34. The molecule has 28 heavy (non-hydrogen) atoms. The van der Waals surface area contributed by atoms with E-state index in [1.165, 1.54) is 18.3 Å². The highest BCUT2D eigenvalue weighted by Gasteiger charge is 2.08. The summed E-state index contributed by atoms with van der Waals surface area (Å²) in [6.45, 7) is 0.388. The highest BCUT2D eigenvalue weighted by molar-refractivity contribution is 9.10. The Labute approximate surface area is 170 Å². The van der Waals surface area contributed by atoms with Gasteiger partial charge in [0.15, 0.2) is 0 Å². The zero-order valence-corrected chi connectivity index (χ0v) is 16.3. The molecule has 0 bridgehead atoms. The Morgan fingerprint density at radius 1 is 1.04 bits per heavy atom. The average molecular weight is 441 g/mol. The van der Waals surface area contributed by atoms with Gasteiger partial charge in [0, 0.05) is 21.7 Å². The van der Waals surface area contributed by atoms with Crippen LogP contribution in [-0.4, -0.2) is 22.3 Å². The summed E-state index contributed by atoms with van der Waals surface area (Å²) in [5.41, 5.74) is 4.15. The molecule has 6 nitrogen and oxygen atoms in total. The Morgan fingerprint density at radius 2 is 1.79 bits per heavy atom. The fraction of sp³-hybridized carbons (Fsp3) is 0.0476. The van der Waals surface area contributed by atoms with Crippen LogP contribution in [0.4, 0.5) is 0 Å². The monoisotopic (exact) mass is 440 g/mol. The van der Waals surface area contributed by atoms with E-state index in [0.717, 1.165) is 16.1 Å². The van der Waals surface area contributed by atoms with Crippen molar-refractivity contribution >= 4 is 28.1 Å². The van der Waals surface area contributed by atoms with Crippen molar-refractivity contribution in [2.24, 2.45) is 5.10 Å². The Hall–Kier alpha value is -3.32. The van der Waals surface area contributed by atoms with Crippen LogP contribution in [0.5, 0.6) is 17.2 Å². The molecule has 0 aliphatic heterocycles. The molecule has 0 aliphatic carbocycles. The molecule has 0 radical (unpaired) electrons. The number of nitrogens with one attached hydrogen (secondary N) is 1. The first-order valence-electron chi connectivity index (χ1n) is 8.34. The zero-order valence-electron chi connectivity index (χ0n) is 14.7. The average Bonchev–Trinajstić information content (AvgIpc) is 2.66. The lowest BCUT2D eigenvalue weighted by atomic mass is 10.2. The number of para-hydroxylation sites is 1. The molecule has 0 atom stereocenters. The van der Waals surface area contributed by atoms with E-state index >= 15 is 0 Å². The smallest absolute Gasteiger partial charge is 0.271 e. The Kier molecular flexibility index (Phi) is 6.29. The molecule has 3 aromatic carbocycles. The Bertz CT molecular complexity index is 1000. The minimum Gasteiger partial charge on any atom is -0.508 e. The number of carbonyl (C=O) groups is 1. The number of hydrogen-bond donors (Lipinski definition) is 3. The molecule has 0 aromatic heterocycles. The number of nitrogens with zero attached hydrogens (tertiary/aromatic N) is 1. The van der Waals surface area contributed by atoms with Crippen LogP contribution < -0.4 is 10.2 Å². The van der Waals surface area contributed by atoms with E-state index in [4.69, 9.17) is 4.74 Å². The highest BCUT2D eigenvalue weighted by Crippen LogP contribution is 2.21. The summed E-state index contributed by atoms with van der Waals surface area (Å²) in [4.78, 5) is 12.1. The number of hydrogen-bond acceptors (Lipinski definition) is 5. The van der Waals surface area contributed by atoms with E-state index in [1.54, 1.807) is 0 Å². The van der Waals surface area contributed by atoms with Gasteiger partial charge in [0.25, 0.3) is 5.91 Å². The molecule has 0 unspecified atom stereocenters. The first-order valence-corrected chi connectivity index (χ1v) is 9.13. The second kappa shape index (κ2) is 9.05. The number of amides is 1. The summed E-state index contributed by atoms with van der Waals surface area (Å²) in [5, 5.41) is 22.8. The predicted molar refractivity (Wildman–Crippen MR) is 110 cm³/mol. The van der Waals surface area contributed by atoms with Gasteiger partial charge in [-0.15, -0.1) is 0 Å². The molecule has 142 valence electrons. The quantitative estimate of drug-likeness (QED) is 0.395. The third-order valence-electron chi connectivity index (χ3n) is 3.74. The topological polar surface area (TPSA) is 91.2 Å². The summed E-state index contributed by atoms with van der Waals surface area (Å²) in [6.07, 6.45) is 1.47. The Morgan fingerprint density at radius 3 is 2.54 bits per heavy atom. The zero-order chi connectivity index (χ0) is 19.9. The lowest BCUT2D eigenvalue weighted by Gasteiger charge is -2.09. The van der Waals surface area contributed by atoms with Crippen LogP contribution in [0.1, 0.15) is 21.5 Å². The number of rotatable bonds is 6. The van der Waals surface area contributed by atoms with Crippen molar-refractivity contribution in [3.05, 3.63) is 87.9 Å². The van der Waals surface area contributed by atoms with Gasteiger partial charge in [0.1, 0.15) is 23.9 Å². The molecule has 1 amide bonds. The molecular formula is C21H17BrN2O4. The number of phenols is 2. The maximum atomic E-state index is 12.1. The van der Waals surface area contributed by atoms with E-state index in [-0.39, 0.29) is 17.1 Å². The second-order valence-electron chi connectivity index (χ2n) is 5.89. The van der Waals surface area contributed by atoms with Gasteiger partial charge in [-0.05, 0) is 42.0 Å². The fourth-order valence-corrected chi connectivity index (χ4v) is 2.90. The Balaban J connectivity index is 1.66. The molecule has 3 aromatic rings. The largest absolute Gasteiger partial charge is 0.508 e. The van der Waals surface area contributed by atoms with E-state index in [1.807, 2.05) is 48.5 Å². The highest BCUT2D eigenvalue weighted by atomic mass is 79.9. The minimum atomic E-state index is -0.560. The second-order valence-corrected chi connectivity index (χ2v) is 6.81. The van der Waals surface area contributed by atoms with Crippen molar-refractivity contribution < 1.29 is 19.7 Å². The summed E-state index contributed by atoms with van der Waals surface area (Å²) in [6, 6.07) is 18.7. The molecule has 3 N–H and O–H groups in total. The standard InChI is InChI=1S/C21H17BrN2O4/c22-17-6-3-4-14(8-17)13-28-20-7-2-1-5-15(20)12-23-24-21(27)16-9-18(25)11-19(26)10-16/h1-12,25-26H,13H2,(H,24,27)/b23-12-. The number of halogens is 1. The van der Waals surface area contributed by atoms with Crippen LogP contribution >= 0.6 is 15.9 Å². The molecule has 0 spiro atoms. The van der Waals surface area contributed by atoms with Gasteiger partial charge < -0.3 is 14.9 Å². The van der Waals surface area contributed by atoms with Gasteiger partial charge >= 0.3 is 0 Å². The van der Waals surface area contributed by atoms with Crippen molar-refractivity contribution in [3.8, 4) is 17.2 Å². The van der Waals surface area contributed by atoms with Gasteiger partial charge in [-0.3, -0.25) is 4.79 Å². The lowest BCUT2D eigenvalue weighted by Crippen LogP contribution is -2.17. The fourth-order valence-electron chi connectivity index (χ4n) is 2.46. The first-order chi connectivity index (χ1) is 13.5.